The van der Waals surface area contributed by atoms with E-state index in [1.165, 1.54) is 14.2 Å². The van der Waals surface area contributed by atoms with Crippen LogP contribution in [0.3, 0.4) is 0 Å². The highest BCUT2D eigenvalue weighted by molar-refractivity contribution is 6.30. The van der Waals surface area contributed by atoms with E-state index in [1.807, 2.05) is 13.8 Å². The molecule has 0 saturated heterocycles. The molecule has 8 nitrogen and oxygen atoms in total. The van der Waals surface area contributed by atoms with Crippen LogP contribution < -0.4 is 20.1 Å². The van der Waals surface area contributed by atoms with Crippen molar-refractivity contribution in [3.05, 3.63) is 53.1 Å². The molecule has 172 valence electrons. The van der Waals surface area contributed by atoms with Crippen LogP contribution in [-0.2, 0) is 14.3 Å². The summed E-state index contributed by atoms with van der Waals surface area (Å²) in [6.07, 6.45) is 0.621. The average Bonchev–Trinajstić information content (AvgIpc) is 2.80. The molecule has 0 aromatic heterocycles. The van der Waals surface area contributed by atoms with E-state index in [2.05, 4.69) is 10.6 Å². The summed E-state index contributed by atoms with van der Waals surface area (Å²) < 4.78 is 15.5. The third-order valence-corrected chi connectivity index (χ3v) is 5.09. The van der Waals surface area contributed by atoms with Crippen LogP contribution in [0.1, 0.15) is 30.6 Å². The van der Waals surface area contributed by atoms with Crippen LogP contribution in [0.5, 0.6) is 11.5 Å². The van der Waals surface area contributed by atoms with E-state index in [4.69, 9.17) is 25.8 Å². The summed E-state index contributed by atoms with van der Waals surface area (Å²) in [6.45, 7) is 3.20. The zero-order valence-electron chi connectivity index (χ0n) is 18.4. The Kier molecular flexibility index (Phi) is 9.34. The molecule has 2 unspecified atom stereocenters. The van der Waals surface area contributed by atoms with Gasteiger partial charge in [0.1, 0.15) is 17.5 Å². The highest BCUT2D eigenvalue weighted by atomic mass is 35.5. The molecule has 0 heterocycles. The number of esters is 1. The summed E-state index contributed by atoms with van der Waals surface area (Å²) >= 11 is 5.85. The quantitative estimate of drug-likeness (QED) is 0.522. The largest absolute Gasteiger partial charge is 0.497 e. The Morgan fingerprint density at radius 1 is 1.00 bits per heavy atom. The van der Waals surface area contributed by atoms with E-state index in [-0.39, 0.29) is 5.92 Å². The fourth-order valence-electron chi connectivity index (χ4n) is 2.80. The monoisotopic (exact) mass is 462 g/mol. The maximum Gasteiger partial charge on any atom is 0.329 e. The van der Waals surface area contributed by atoms with Gasteiger partial charge in [-0.1, -0.05) is 31.9 Å². The molecule has 0 aliphatic heterocycles. The Bertz CT molecular complexity index is 926. The molecule has 2 rings (SSSR count). The van der Waals surface area contributed by atoms with Crippen molar-refractivity contribution in [2.75, 3.05) is 26.1 Å². The summed E-state index contributed by atoms with van der Waals surface area (Å²) in [5.41, 5.74) is 0.789. The second kappa shape index (κ2) is 12.0. The minimum Gasteiger partial charge on any atom is -0.497 e. The lowest BCUT2D eigenvalue weighted by Gasteiger charge is -2.22. The second-order valence-corrected chi connectivity index (χ2v) is 7.54. The van der Waals surface area contributed by atoms with Crippen molar-refractivity contribution in [2.45, 2.75) is 26.3 Å². The van der Waals surface area contributed by atoms with Gasteiger partial charge in [0.25, 0.3) is 11.8 Å². The average molecular weight is 463 g/mol. The number of ether oxygens (including phenoxy) is 3. The maximum absolute atomic E-state index is 12.6. The van der Waals surface area contributed by atoms with Crippen molar-refractivity contribution >= 4 is 35.1 Å². The van der Waals surface area contributed by atoms with Gasteiger partial charge in [0.2, 0.25) is 0 Å². The molecular formula is C23H27ClN2O6. The highest BCUT2D eigenvalue weighted by Gasteiger charge is 2.28. The number of methoxy groups -OCH3 is 2. The number of hydrogen-bond acceptors (Lipinski definition) is 6. The van der Waals surface area contributed by atoms with Crippen LogP contribution in [-0.4, -0.2) is 44.7 Å². The van der Waals surface area contributed by atoms with Crippen molar-refractivity contribution in [2.24, 2.45) is 5.92 Å². The molecule has 2 aromatic rings. The Morgan fingerprint density at radius 2 is 1.59 bits per heavy atom. The Labute approximate surface area is 192 Å². The minimum absolute atomic E-state index is 0.204. The Hall–Kier alpha value is -3.26. The Balaban J connectivity index is 2.00. The van der Waals surface area contributed by atoms with Gasteiger partial charge in [-0.3, -0.25) is 9.59 Å². The predicted octanol–water partition coefficient (Wildman–Crippen LogP) is 3.68. The number of hydrogen-bond donors (Lipinski definition) is 2. The van der Waals surface area contributed by atoms with Gasteiger partial charge in [-0.25, -0.2) is 4.79 Å². The van der Waals surface area contributed by atoms with Gasteiger partial charge in [-0.05, 0) is 30.2 Å². The summed E-state index contributed by atoms with van der Waals surface area (Å²) in [7, 11) is 2.99. The molecule has 0 aliphatic carbocycles. The number of carbonyl (C=O) groups is 3. The van der Waals surface area contributed by atoms with Gasteiger partial charge < -0.3 is 24.8 Å². The van der Waals surface area contributed by atoms with Crippen LogP contribution in [0.4, 0.5) is 5.69 Å². The topological polar surface area (TPSA) is 103 Å². The first-order chi connectivity index (χ1) is 15.3. The second-order valence-electron chi connectivity index (χ2n) is 7.10. The first kappa shape index (κ1) is 25.0. The third kappa shape index (κ3) is 7.16. The van der Waals surface area contributed by atoms with Crippen molar-refractivity contribution in [1.29, 1.82) is 0 Å². The summed E-state index contributed by atoms with van der Waals surface area (Å²) in [6, 6.07) is 10.3. The number of benzene rings is 2. The van der Waals surface area contributed by atoms with Crippen molar-refractivity contribution in [3.8, 4) is 11.5 Å². The van der Waals surface area contributed by atoms with E-state index in [1.54, 1.807) is 42.5 Å². The first-order valence-electron chi connectivity index (χ1n) is 10.0. The molecule has 0 bridgehead atoms. The van der Waals surface area contributed by atoms with Gasteiger partial charge in [-0.2, -0.15) is 0 Å². The lowest BCUT2D eigenvalue weighted by Crippen LogP contribution is -2.46. The first-order valence-corrected chi connectivity index (χ1v) is 10.4. The molecular weight excluding hydrogens is 436 g/mol. The van der Waals surface area contributed by atoms with E-state index in [0.717, 1.165) is 0 Å². The smallest absolute Gasteiger partial charge is 0.329 e. The summed E-state index contributed by atoms with van der Waals surface area (Å²) in [5.74, 6) is -0.876. The number of carbonyl (C=O) groups excluding carboxylic acids is 3. The SMILES string of the molecule is CCC(C)C(NC(=O)c1ccc(Cl)cc1)C(=O)OCC(=O)Nc1cc(OC)cc(OC)c1. The van der Waals surface area contributed by atoms with Crippen molar-refractivity contribution in [3.63, 3.8) is 0 Å². The van der Waals surface area contributed by atoms with E-state index >= 15 is 0 Å². The molecule has 2 amide bonds. The zero-order valence-corrected chi connectivity index (χ0v) is 19.2. The van der Waals surface area contributed by atoms with Crippen molar-refractivity contribution < 1.29 is 28.6 Å². The third-order valence-electron chi connectivity index (χ3n) is 4.84. The van der Waals surface area contributed by atoms with Crippen LogP contribution in [0.2, 0.25) is 5.02 Å². The summed E-state index contributed by atoms with van der Waals surface area (Å²) in [4.78, 5) is 37.5. The molecule has 0 aliphatic rings. The van der Waals surface area contributed by atoms with Gasteiger partial charge in [0, 0.05) is 34.5 Å². The van der Waals surface area contributed by atoms with Gasteiger partial charge in [-0.15, -0.1) is 0 Å². The van der Waals surface area contributed by atoms with Crippen LogP contribution in [0.15, 0.2) is 42.5 Å². The molecule has 0 fully saturated rings. The van der Waals surface area contributed by atoms with Gasteiger partial charge >= 0.3 is 5.97 Å². The Morgan fingerprint density at radius 3 is 2.12 bits per heavy atom. The molecule has 2 atom stereocenters. The molecule has 32 heavy (non-hydrogen) atoms. The highest BCUT2D eigenvalue weighted by Crippen LogP contribution is 2.25. The molecule has 0 spiro atoms. The molecule has 0 radical (unpaired) electrons. The minimum atomic E-state index is -0.909. The van der Waals surface area contributed by atoms with Crippen molar-refractivity contribution in [1.82, 2.24) is 5.32 Å². The van der Waals surface area contributed by atoms with Crippen LogP contribution in [0.25, 0.3) is 0 Å². The fourth-order valence-corrected chi connectivity index (χ4v) is 2.92. The lowest BCUT2D eigenvalue weighted by atomic mass is 9.99. The van der Waals surface area contributed by atoms with Crippen LogP contribution in [0, 0.1) is 5.92 Å². The molecule has 0 saturated carbocycles. The number of nitrogens with one attached hydrogen (secondary N) is 2. The van der Waals surface area contributed by atoms with Gasteiger partial charge in [0.15, 0.2) is 6.61 Å². The summed E-state index contributed by atoms with van der Waals surface area (Å²) in [5, 5.41) is 5.81. The van der Waals surface area contributed by atoms with E-state index < -0.39 is 30.4 Å². The standard InChI is InChI=1S/C23H27ClN2O6/c1-5-14(2)21(26-22(28)15-6-8-16(24)9-7-15)23(29)32-13-20(27)25-17-10-18(30-3)12-19(11-17)31-4/h6-12,14,21H,5,13H2,1-4H3,(H,25,27)(H,26,28). The number of anilines is 1. The molecule has 9 heteroatoms. The number of halogens is 1. The van der Waals surface area contributed by atoms with E-state index in [0.29, 0.717) is 34.2 Å². The van der Waals surface area contributed by atoms with Crippen LogP contribution >= 0.6 is 11.6 Å². The normalized spacial score (nSPS) is 12.3. The molecule has 2 N–H and O–H groups in total. The molecule has 2 aromatic carbocycles. The maximum atomic E-state index is 12.6. The predicted molar refractivity (Wildman–Crippen MR) is 121 cm³/mol. The number of rotatable bonds is 10. The van der Waals surface area contributed by atoms with E-state index in [9.17, 15) is 14.4 Å². The number of amides is 2. The lowest BCUT2D eigenvalue weighted by molar-refractivity contribution is -0.150. The van der Waals surface area contributed by atoms with Gasteiger partial charge in [0.05, 0.1) is 14.2 Å². The zero-order chi connectivity index (χ0) is 23.7. The fraction of sp³-hybridized carbons (Fsp3) is 0.348.